The fraction of sp³-hybridized carbons (Fsp3) is 0.125. The SMILES string of the molecule is O=C(COI)c1ccccc1. The molecule has 58 valence electrons. The number of carbonyl (C=O) groups is 1. The minimum absolute atomic E-state index is 0.0139. The van der Waals surface area contributed by atoms with Crippen molar-refractivity contribution in [3.05, 3.63) is 35.9 Å². The van der Waals surface area contributed by atoms with Gasteiger partial charge in [-0.15, -0.1) is 0 Å². The zero-order valence-corrected chi connectivity index (χ0v) is 7.95. The molecule has 1 aromatic carbocycles. The molecule has 0 unspecified atom stereocenters. The highest BCUT2D eigenvalue weighted by Gasteiger charge is 2.02. The van der Waals surface area contributed by atoms with Crippen LogP contribution in [-0.2, 0) is 3.07 Å². The summed E-state index contributed by atoms with van der Waals surface area (Å²) in [5, 5.41) is 0. The maximum Gasteiger partial charge on any atom is 0.189 e. The largest absolute Gasteiger partial charge is 0.307 e. The first-order valence-electron chi connectivity index (χ1n) is 3.16. The molecule has 0 amide bonds. The Morgan fingerprint density at radius 1 is 1.36 bits per heavy atom. The maximum absolute atomic E-state index is 11.1. The normalized spacial score (nSPS) is 9.55. The molecule has 0 aliphatic carbocycles. The Labute approximate surface area is 79.2 Å². The lowest BCUT2D eigenvalue weighted by molar-refractivity contribution is 0.0947. The van der Waals surface area contributed by atoms with Crippen molar-refractivity contribution < 1.29 is 7.86 Å². The number of ketones is 1. The number of hydrogen-bond donors (Lipinski definition) is 0. The molecule has 0 saturated heterocycles. The Morgan fingerprint density at radius 2 is 2.00 bits per heavy atom. The van der Waals surface area contributed by atoms with Crippen LogP contribution in [0.3, 0.4) is 0 Å². The Kier molecular flexibility index (Phi) is 3.51. The quantitative estimate of drug-likeness (QED) is 0.616. The zero-order valence-electron chi connectivity index (χ0n) is 5.79. The van der Waals surface area contributed by atoms with E-state index in [-0.39, 0.29) is 12.4 Å². The van der Waals surface area contributed by atoms with Gasteiger partial charge in [-0.1, -0.05) is 30.3 Å². The molecule has 0 saturated carbocycles. The van der Waals surface area contributed by atoms with Gasteiger partial charge in [0.1, 0.15) is 29.6 Å². The minimum Gasteiger partial charge on any atom is -0.307 e. The summed E-state index contributed by atoms with van der Waals surface area (Å²) in [4.78, 5) is 11.1. The molecule has 0 aliphatic rings. The van der Waals surface area contributed by atoms with E-state index < -0.39 is 0 Å². The number of halogens is 1. The van der Waals surface area contributed by atoms with Crippen molar-refractivity contribution in [2.24, 2.45) is 0 Å². The number of carbonyl (C=O) groups excluding carboxylic acids is 1. The average molecular weight is 262 g/mol. The molecule has 0 heterocycles. The van der Waals surface area contributed by atoms with Crippen LogP contribution in [0.25, 0.3) is 0 Å². The Hall–Kier alpha value is -0.420. The van der Waals surface area contributed by atoms with Crippen LogP contribution in [0.2, 0.25) is 0 Å². The van der Waals surface area contributed by atoms with Crippen LogP contribution in [0.15, 0.2) is 30.3 Å². The van der Waals surface area contributed by atoms with Gasteiger partial charge in [0.15, 0.2) is 5.78 Å². The number of Topliss-reactive ketones (excluding diaryl/α,β-unsaturated/α-hetero) is 1. The topological polar surface area (TPSA) is 26.3 Å². The van der Waals surface area contributed by atoms with Crippen molar-refractivity contribution in [3.63, 3.8) is 0 Å². The lowest BCUT2D eigenvalue weighted by atomic mass is 10.1. The second kappa shape index (κ2) is 4.46. The smallest absolute Gasteiger partial charge is 0.189 e. The van der Waals surface area contributed by atoms with Crippen LogP contribution in [0.4, 0.5) is 0 Å². The van der Waals surface area contributed by atoms with Gasteiger partial charge in [-0.05, 0) is 0 Å². The third kappa shape index (κ3) is 2.59. The fourth-order valence-electron chi connectivity index (χ4n) is 0.757. The molecular formula is C8H7IO2. The summed E-state index contributed by atoms with van der Waals surface area (Å²) in [5.41, 5.74) is 0.698. The Morgan fingerprint density at radius 3 is 2.55 bits per heavy atom. The van der Waals surface area contributed by atoms with E-state index >= 15 is 0 Å². The third-order valence-corrected chi connectivity index (χ3v) is 1.59. The first-order valence-corrected chi connectivity index (χ1v) is 4.04. The number of rotatable bonds is 3. The molecule has 1 aromatic rings. The maximum atomic E-state index is 11.1. The van der Waals surface area contributed by atoms with Crippen LogP contribution in [0, 0.1) is 0 Å². The molecule has 0 aromatic heterocycles. The average Bonchev–Trinajstić information content (AvgIpc) is 2.07. The van der Waals surface area contributed by atoms with Crippen LogP contribution in [0.1, 0.15) is 10.4 Å². The van der Waals surface area contributed by atoms with Crippen molar-refractivity contribution in [2.75, 3.05) is 6.61 Å². The fourth-order valence-corrected chi connectivity index (χ4v) is 1.04. The predicted molar refractivity (Wildman–Crippen MR) is 50.7 cm³/mol. The summed E-state index contributed by atoms with van der Waals surface area (Å²) in [6, 6.07) is 9.10. The van der Waals surface area contributed by atoms with Gasteiger partial charge in [0.05, 0.1) is 0 Å². The van der Waals surface area contributed by atoms with Gasteiger partial charge in [-0.25, -0.2) is 0 Å². The first kappa shape index (κ1) is 8.67. The molecule has 0 radical (unpaired) electrons. The second-order valence-corrected chi connectivity index (χ2v) is 2.67. The molecule has 0 N–H and O–H groups in total. The second-order valence-electron chi connectivity index (χ2n) is 2.04. The summed E-state index contributed by atoms with van der Waals surface area (Å²) >= 11 is 1.71. The monoisotopic (exact) mass is 262 g/mol. The Bertz CT molecular complexity index is 233. The van der Waals surface area contributed by atoms with Gasteiger partial charge < -0.3 is 3.07 Å². The molecule has 3 heteroatoms. The number of hydrogen-bond acceptors (Lipinski definition) is 2. The highest BCUT2D eigenvalue weighted by molar-refractivity contribution is 14.1. The molecule has 0 aliphatic heterocycles. The van der Waals surface area contributed by atoms with Gasteiger partial charge in [0.25, 0.3) is 0 Å². The first-order chi connectivity index (χ1) is 5.34. The highest BCUT2D eigenvalue weighted by atomic mass is 127. The lowest BCUT2D eigenvalue weighted by Gasteiger charge is -1.95. The summed E-state index contributed by atoms with van der Waals surface area (Å²) < 4.78 is 4.68. The lowest BCUT2D eigenvalue weighted by Crippen LogP contribution is -2.04. The molecule has 0 atom stereocenters. The van der Waals surface area contributed by atoms with Crippen LogP contribution < -0.4 is 0 Å². The van der Waals surface area contributed by atoms with Gasteiger partial charge in [0, 0.05) is 5.56 Å². The van der Waals surface area contributed by atoms with E-state index in [1.165, 1.54) is 0 Å². The van der Waals surface area contributed by atoms with E-state index in [9.17, 15) is 4.79 Å². The van der Waals surface area contributed by atoms with Gasteiger partial charge in [-0.2, -0.15) is 0 Å². The molecule has 1 rings (SSSR count). The zero-order chi connectivity index (χ0) is 8.10. The molecule has 11 heavy (non-hydrogen) atoms. The molecular weight excluding hydrogens is 255 g/mol. The Balaban J connectivity index is 2.69. The van der Waals surface area contributed by atoms with Crippen molar-refractivity contribution >= 4 is 28.8 Å². The van der Waals surface area contributed by atoms with E-state index in [2.05, 4.69) is 3.07 Å². The minimum atomic E-state index is 0.0139. The number of benzene rings is 1. The van der Waals surface area contributed by atoms with Gasteiger partial charge in [0.2, 0.25) is 0 Å². The van der Waals surface area contributed by atoms with E-state index in [4.69, 9.17) is 0 Å². The van der Waals surface area contributed by atoms with E-state index in [0.717, 1.165) is 0 Å². The van der Waals surface area contributed by atoms with Crippen LogP contribution >= 0.6 is 23.0 Å². The molecule has 0 fully saturated rings. The molecule has 2 nitrogen and oxygen atoms in total. The van der Waals surface area contributed by atoms with Crippen LogP contribution in [-0.4, -0.2) is 12.4 Å². The summed E-state index contributed by atoms with van der Waals surface area (Å²) in [7, 11) is 0. The summed E-state index contributed by atoms with van der Waals surface area (Å²) in [6.45, 7) is 0.143. The molecule has 0 spiro atoms. The highest BCUT2D eigenvalue weighted by Crippen LogP contribution is 2.00. The van der Waals surface area contributed by atoms with E-state index in [1.54, 1.807) is 35.1 Å². The standard InChI is InChI=1S/C8H7IO2/c9-11-6-8(10)7-4-2-1-3-5-7/h1-5H,6H2. The van der Waals surface area contributed by atoms with E-state index in [0.29, 0.717) is 5.56 Å². The van der Waals surface area contributed by atoms with Gasteiger partial charge in [-0.3, -0.25) is 4.79 Å². The summed E-state index contributed by atoms with van der Waals surface area (Å²) in [6.07, 6.45) is 0. The van der Waals surface area contributed by atoms with Crippen molar-refractivity contribution in [2.45, 2.75) is 0 Å². The van der Waals surface area contributed by atoms with Gasteiger partial charge >= 0.3 is 0 Å². The van der Waals surface area contributed by atoms with Crippen molar-refractivity contribution in [1.82, 2.24) is 0 Å². The molecule has 0 bridgehead atoms. The van der Waals surface area contributed by atoms with Crippen LogP contribution in [0.5, 0.6) is 0 Å². The third-order valence-electron chi connectivity index (χ3n) is 1.28. The predicted octanol–water partition coefficient (Wildman–Crippen LogP) is 2.24. The van der Waals surface area contributed by atoms with E-state index in [1.807, 2.05) is 18.2 Å². The summed E-state index contributed by atoms with van der Waals surface area (Å²) in [5.74, 6) is 0.0139. The van der Waals surface area contributed by atoms with Crippen molar-refractivity contribution in [3.8, 4) is 0 Å². The van der Waals surface area contributed by atoms with Crippen molar-refractivity contribution in [1.29, 1.82) is 0 Å².